The average Bonchev–Trinajstić information content (AvgIpc) is 3.34. The van der Waals surface area contributed by atoms with Crippen LogP contribution in [0.3, 0.4) is 0 Å². The van der Waals surface area contributed by atoms with Crippen LogP contribution in [0.4, 0.5) is 0 Å². The summed E-state index contributed by atoms with van der Waals surface area (Å²) in [6, 6.07) is 8.50. The highest BCUT2D eigenvalue weighted by atomic mass is 16.5. The quantitative estimate of drug-likeness (QED) is 0.410. The van der Waals surface area contributed by atoms with Crippen LogP contribution >= 0.6 is 0 Å². The van der Waals surface area contributed by atoms with E-state index in [2.05, 4.69) is 59.8 Å². The number of rotatable bonds is 2. The van der Waals surface area contributed by atoms with Crippen molar-refractivity contribution in [2.24, 2.45) is 28.6 Å². The Kier molecular flexibility index (Phi) is 4.48. The molecule has 4 nitrogen and oxygen atoms in total. The van der Waals surface area contributed by atoms with E-state index in [0.29, 0.717) is 5.92 Å². The molecule has 2 fully saturated rings. The zero-order valence-electron chi connectivity index (χ0n) is 19.5. The Morgan fingerprint density at radius 2 is 1.88 bits per heavy atom. The highest BCUT2D eigenvalue weighted by Crippen LogP contribution is 2.65. The maximum Gasteiger partial charge on any atom is 0.302 e. The minimum absolute atomic E-state index is 0.0755. The van der Waals surface area contributed by atoms with Crippen molar-refractivity contribution in [3.8, 4) is 0 Å². The molecule has 168 valence electrons. The van der Waals surface area contributed by atoms with E-state index in [-0.39, 0.29) is 22.9 Å². The third-order valence-electron chi connectivity index (χ3n) is 9.64. The molecule has 4 aliphatic rings. The number of benzene rings is 1. The number of carbonyl (C=O) groups is 1. The SMILES string of the molecule is CC(=O)O[C@H]1CC[C@@]2(C)C(=CC[C@@H]3[C@H]4CC=C(n5cnc6ccccc65)[C@@]4(C)CC[C@@H]32)C1. The lowest BCUT2D eigenvalue weighted by Crippen LogP contribution is -2.50. The van der Waals surface area contributed by atoms with Gasteiger partial charge in [0.2, 0.25) is 0 Å². The molecular formula is C28H34N2O2. The molecule has 0 N–H and O–H groups in total. The molecule has 32 heavy (non-hydrogen) atoms. The van der Waals surface area contributed by atoms with Gasteiger partial charge in [-0.3, -0.25) is 4.79 Å². The van der Waals surface area contributed by atoms with Crippen LogP contribution in [0.1, 0.15) is 65.7 Å². The fraction of sp³-hybridized carbons (Fsp3) is 0.571. The first-order valence-electron chi connectivity index (χ1n) is 12.4. The van der Waals surface area contributed by atoms with Crippen LogP contribution in [-0.2, 0) is 9.53 Å². The van der Waals surface area contributed by atoms with E-state index < -0.39 is 0 Å². The third-order valence-corrected chi connectivity index (χ3v) is 9.64. The molecule has 6 rings (SSSR count). The number of ether oxygens (including phenoxy) is 1. The van der Waals surface area contributed by atoms with Gasteiger partial charge in [-0.05, 0) is 73.8 Å². The molecule has 6 atom stereocenters. The van der Waals surface area contributed by atoms with E-state index in [4.69, 9.17) is 4.74 Å². The van der Waals surface area contributed by atoms with E-state index in [9.17, 15) is 4.79 Å². The van der Waals surface area contributed by atoms with E-state index in [1.807, 2.05) is 6.33 Å². The Balaban J connectivity index is 1.30. The number of nitrogens with zero attached hydrogens (tertiary/aromatic N) is 2. The number of hydrogen-bond donors (Lipinski definition) is 0. The molecule has 0 radical (unpaired) electrons. The number of carbonyl (C=O) groups excluding carboxylic acids is 1. The van der Waals surface area contributed by atoms with Gasteiger partial charge in [-0.1, -0.05) is 43.7 Å². The topological polar surface area (TPSA) is 44.1 Å². The molecule has 0 saturated heterocycles. The van der Waals surface area contributed by atoms with E-state index >= 15 is 0 Å². The molecule has 2 saturated carbocycles. The lowest BCUT2D eigenvalue weighted by molar-refractivity contribution is -0.148. The largest absolute Gasteiger partial charge is 0.462 e. The van der Waals surface area contributed by atoms with Gasteiger partial charge in [0.05, 0.1) is 11.0 Å². The first kappa shape index (κ1) is 20.3. The summed E-state index contributed by atoms with van der Waals surface area (Å²) in [6.07, 6.45) is 15.1. The van der Waals surface area contributed by atoms with Gasteiger partial charge in [0.1, 0.15) is 12.4 Å². The molecule has 1 aromatic carbocycles. The Morgan fingerprint density at radius 3 is 2.72 bits per heavy atom. The molecule has 0 spiro atoms. The standard InChI is InChI=1S/C28H34N2O2/c1-18(31)32-20-12-14-27(2)19(16-20)8-9-21-22-10-11-26(28(22,3)15-13-23(21)27)30-17-29-24-6-4-5-7-25(24)30/h4-8,11,17,20-23H,9-10,12-16H2,1-3H3/t20-,21+,22+,23-,27-,28-/m0/s1. The van der Waals surface area contributed by atoms with E-state index in [1.165, 1.54) is 43.8 Å². The van der Waals surface area contributed by atoms with Crippen molar-refractivity contribution in [2.45, 2.75) is 71.8 Å². The average molecular weight is 431 g/mol. The predicted molar refractivity (Wildman–Crippen MR) is 127 cm³/mol. The zero-order valence-corrected chi connectivity index (χ0v) is 19.5. The highest BCUT2D eigenvalue weighted by Gasteiger charge is 2.57. The lowest BCUT2D eigenvalue weighted by atomic mass is 9.47. The Bertz CT molecular complexity index is 1140. The van der Waals surface area contributed by atoms with Crippen LogP contribution in [0.2, 0.25) is 0 Å². The summed E-state index contributed by atoms with van der Waals surface area (Å²) in [6.45, 7) is 6.56. The van der Waals surface area contributed by atoms with Crippen molar-refractivity contribution in [2.75, 3.05) is 0 Å². The zero-order chi connectivity index (χ0) is 22.1. The number of para-hydroxylation sites is 2. The molecule has 0 bridgehead atoms. The van der Waals surface area contributed by atoms with Gasteiger partial charge in [-0.2, -0.15) is 0 Å². The van der Waals surface area contributed by atoms with Crippen molar-refractivity contribution in [1.29, 1.82) is 0 Å². The van der Waals surface area contributed by atoms with E-state index in [1.54, 1.807) is 5.57 Å². The fourth-order valence-corrected chi connectivity index (χ4v) is 8.03. The smallest absolute Gasteiger partial charge is 0.302 e. The first-order valence-corrected chi connectivity index (χ1v) is 12.4. The van der Waals surface area contributed by atoms with Gasteiger partial charge >= 0.3 is 5.97 Å². The highest BCUT2D eigenvalue weighted by molar-refractivity contribution is 5.80. The van der Waals surface area contributed by atoms with Gasteiger partial charge < -0.3 is 9.30 Å². The monoisotopic (exact) mass is 430 g/mol. The minimum Gasteiger partial charge on any atom is -0.462 e. The predicted octanol–water partition coefficient (Wildman–Crippen LogP) is 6.38. The Hall–Kier alpha value is -2.36. The van der Waals surface area contributed by atoms with Crippen LogP contribution in [0, 0.1) is 28.6 Å². The van der Waals surface area contributed by atoms with Gasteiger partial charge in [-0.15, -0.1) is 0 Å². The number of esters is 1. The summed E-state index contributed by atoms with van der Waals surface area (Å²) in [5.74, 6) is 2.03. The third kappa shape index (κ3) is 2.80. The number of fused-ring (bicyclic) bond motifs is 6. The minimum atomic E-state index is -0.141. The van der Waals surface area contributed by atoms with Crippen LogP contribution < -0.4 is 0 Å². The van der Waals surface area contributed by atoms with Crippen LogP contribution in [-0.4, -0.2) is 21.6 Å². The maximum absolute atomic E-state index is 11.5. The van der Waals surface area contributed by atoms with Crippen molar-refractivity contribution in [3.63, 3.8) is 0 Å². The number of allylic oxidation sites excluding steroid dienone is 3. The summed E-state index contributed by atoms with van der Waals surface area (Å²) >= 11 is 0. The molecular weight excluding hydrogens is 396 g/mol. The molecule has 4 heteroatoms. The lowest BCUT2D eigenvalue weighted by Gasteiger charge is -2.57. The molecule has 0 aliphatic heterocycles. The molecule has 4 aliphatic carbocycles. The molecule has 1 heterocycles. The molecule has 0 unspecified atom stereocenters. The number of aromatic nitrogens is 2. The molecule has 0 amide bonds. The second-order valence-electron chi connectivity index (χ2n) is 11.1. The molecule has 1 aromatic heterocycles. The summed E-state index contributed by atoms with van der Waals surface area (Å²) in [5.41, 5.74) is 5.81. The summed E-state index contributed by atoms with van der Waals surface area (Å²) < 4.78 is 7.97. The molecule has 2 aromatic rings. The van der Waals surface area contributed by atoms with Gasteiger partial charge in [0.15, 0.2) is 0 Å². The Labute approximate surface area is 190 Å². The van der Waals surface area contributed by atoms with Crippen molar-refractivity contribution in [1.82, 2.24) is 9.55 Å². The van der Waals surface area contributed by atoms with Crippen LogP contribution in [0.15, 0.2) is 48.3 Å². The van der Waals surface area contributed by atoms with Crippen LogP contribution in [0.25, 0.3) is 16.7 Å². The summed E-state index contributed by atoms with van der Waals surface area (Å²) in [5, 5.41) is 0. The van der Waals surface area contributed by atoms with E-state index in [0.717, 1.165) is 36.6 Å². The van der Waals surface area contributed by atoms with Crippen molar-refractivity contribution >= 4 is 22.7 Å². The fourth-order valence-electron chi connectivity index (χ4n) is 8.03. The first-order chi connectivity index (χ1) is 15.4. The van der Waals surface area contributed by atoms with Crippen molar-refractivity contribution in [3.05, 3.63) is 48.3 Å². The summed E-state index contributed by atoms with van der Waals surface area (Å²) in [7, 11) is 0. The maximum atomic E-state index is 11.5. The second kappa shape index (κ2) is 7.07. The second-order valence-corrected chi connectivity index (χ2v) is 11.1. The number of imidazole rings is 1. The number of hydrogen-bond acceptors (Lipinski definition) is 3. The van der Waals surface area contributed by atoms with Gasteiger partial charge in [0.25, 0.3) is 0 Å². The van der Waals surface area contributed by atoms with Crippen LogP contribution in [0.5, 0.6) is 0 Å². The Morgan fingerprint density at radius 1 is 1.06 bits per heavy atom. The summed E-state index contributed by atoms with van der Waals surface area (Å²) in [4.78, 5) is 16.2. The normalized spacial score (nSPS) is 38.3. The van der Waals surface area contributed by atoms with Gasteiger partial charge in [-0.25, -0.2) is 4.98 Å². The van der Waals surface area contributed by atoms with Crippen molar-refractivity contribution < 1.29 is 9.53 Å². The van der Waals surface area contributed by atoms with Gasteiger partial charge in [0, 0.05) is 24.5 Å².